The molecule has 0 unspecified atom stereocenters. The van der Waals surface area contributed by atoms with Crippen molar-refractivity contribution >= 4 is 17.3 Å². The predicted octanol–water partition coefficient (Wildman–Crippen LogP) is 2.60. The van der Waals surface area contributed by atoms with Crippen LogP contribution in [0.5, 0.6) is 5.75 Å². The van der Waals surface area contributed by atoms with Gasteiger partial charge in [-0.3, -0.25) is 4.79 Å². The maximum absolute atomic E-state index is 11.4. The first-order chi connectivity index (χ1) is 9.13. The lowest BCUT2D eigenvalue weighted by atomic mass is 10.1. The minimum atomic E-state index is -0.418. The highest BCUT2D eigenvalue weighted by molar-refractivity contribution is 6.32. The zero-order valence-electron chi connectivity index (χ0n) is 10.6. The monoisotopic (exact) mass is 279 g/mol. The van der Waals surface area contributed by atoms with Crippen molar-refractivity contribution in [3.05, 3.63) is 51.4 Å². The molecular formula is C13H14ClN3O2. The second-order valence-electron chi connectivity index (χ2n) is 4.03. The molecular weight excluding hydrogens is 266 g/mol. The summed E-state index contributed by atoms with van der Waals surface area (Å²) in [6.07, 6.45) is 1.48. The molecule has 2 aromatic rings. The van der Waals surface area contributed by atoms with E-state index in [-0.39, 0.29) is 11.1 Å². The highest BCUT2D eigenvalue weighted by atomic mass is 35.5. The van der Waals surface area contributed by atoms with E-state index >= 15 is 0 Å². The first-order valence-corrected chi connectivity index (χ1v) is 6.14. The zero-order valence-corrected chi connectivity index (χ0v) is 11.4. The van der Waals surface area contributed by atoms with Crippen LogP contribution in [0, 0.1) is 0 Å². The van der Waals surface area contributed by atoms with E-state index in [1.165, 1.54) is 6.20 Å². The molecule has 1 heterocycles. The van der Waals surface area contributed by atoms with E-state index in [1.54, 1.807) is 7.11 Å². The van der Waals surface area contributed by atoms with Crippen molar-refractivity contribution in [2.45, 2.75) is 13.0 Å². The number of halogens is 1. The highest BCUT2D eigenvalue weighted by Crippen LogP contribution is 2.28. The van der Waals surface area contributed by atoms with Crippen LogP contribution >= 0.6 is 11.6 Å². The van der Waals surface area contributed by atoms with Gasteiger partial charge in [-0.05, 0) is 13.0 Å². The Kier molecular flexibility index (Phi) is 4.06. The number of para-hydroxylation sites is 1. The van der Waals surface area contributed by atoms with Gasteiger partial charge in [0.1, 0.15) is 10.8 Å². The van der Waals surface area contributed by atoms with E-state index in [0.717, 1.165) is 11.3 Å². The van der Waals surface area contributed by atoms with Crippen molar-refractivity contribution in [1.82, 2.24) is 10.2 Å². The summed E-state index contributed by atoms with van der Waals surface area (Å²) in [6.45, 7) is 1.95. The first-order valence-electron chi connectivity index (χ1n) is 5.76. The maximum atomic E-state index is 11.4. The highest BCUT2D eigenvalue weighted by Gasteiger charge is 2.13. The third-order valence-electron chi connectivity index (χ3n) is 2.77. The van der Waals surface area contributed by atoms with Gasteiger partial charge in [0.25, 0.3) is 5.56 Å². The van der Waals surface area contributed by atoms with E-state index in [0.29, 0.717) is 5.69 Å². The van der Waals surface area contributed by atoms with Gasteiger partial charge in [0.05, 0.1) is 25.0 Å². The molecule has 0 radical (unpaired) electrons. The number of nitrogens with zero attached hydrogens (tertiary/aromatic N) is 1. The van der Waals surface area contributed by atoms with Gasteiger partial charge in [0, 0.05) is 5.56 Å². The topological polar surface area (TPSA) is 67.0 Å². The van der Waals surface area contributed by atoms with Gasteiger partial charge in [0.15, 0.2) is 0 Å². The summed E-state index contributed by atoms with van der Waals surface area (Å²) in [5.74, 6) is 0.774. The van der Waals surface area contributed by atoms with E-state index in [9.17, 15) is 4.79 Å². The molecule has 0 spiro atoms. The summed E-state index contributed by atoms with van der Waals surface area (Å²) in [4.78, 5) is 11.4. The molecule has 6 heteroatoms. The quantitative estimate of drug-likeness (QED) is 0.903. The van der Waals surface area contributed by atoms with Gasteiger partial charge in [-0.25, -0.2) is 5.10 Å². The number of rotatable bonds is 4. The fourth-order valence-electron chi connectivity index (χ4n) is 1.82. The van der Waals surface area contributed by atoms with E-state index in [2.05, 4.69) is 15.5 Å². The van der Waals surface area contributed by atoms with Crippen LogP contribution in [0.3, 0.4) is 0 Å². The average Bonchev–Trinajstić information content (AvgIpc) is 2.43. The lowest BCUT2D eigenvalue weighted by Crippen LogP contribution is -2.14. The third-order valence-corrected chi connectivity index (χ3v) is 3.15. The molecule has 0 amide bonds. The van der Waals surface area contributed by atoms with Gasteiger partial charge in [0.2, 0.25) is 0 Å². The zero-order chi connectivity index (χ0) is 13.8. The van der Waals surface area contributed by atoms with Crippen molar-refractivity contribution < 1.29 is 4.74 Å². The third kappa shape index (κ3) is 2.88. The second kappa shape index (κ2) is 5.75. The Balaban J connectivity index is 2.28. The lowest BCUT2D eigenvalue weighted by Gasteiger charge is -2.18. The SMILES string of the molecule is COc1ccccc1[C@H](C)Nc1cn[nH]c(=O)c1Cl. The van der Waals surface area contributed by atoms with Gasteiger partial charge >= 0.3 is 0 Å². The Morgan fingerprint density at radius 2 is 2.16 bits per heavy atom. The van der Waals surface area contributed by atoms with Crippen LogP contribution in [0.2, 0.25) is 5.02 Å². The van der Waals surface area contributed by atoms with Crippen molar-refractivity contribution in [1.29, 1.82) is 0 Å². The number of benzene rings is 1. The normalized spacial score (nSPS) is 11.9. The van der Waals surface area contributed by atoms with Crippen LogP contribution in [0.1, 0.15) is 18.5 Å². The number of ether oxygens (including phenoxy) is 1. The molecule has 0 saturated carbocycles. The van der Waals surface area contributed by atoms with Crippen molar-refractivity contribution in [2.24, 2.45) is 0 Å². The standard InChI is InChI=1S/C13H14ClN3O2/c1-8(9-5-3-4-6-11(9)19-2)16-10-7-15-17-13(18)12(10)14/h3-8H,1-2H3,(H2,16,17,18)/t8-/m0/s1. The molecule has 1 aromatic carbocycles. The number of methoxy groups -OCH3 is 1. The summed E-state index contributed by atoms with van der Waals surface area (Å²) in [5, 5.41) is 9.23. The molecule has 0 aliphatic rings. The molecule has 0 aliphatic heterocycles. The fraction of sp³-hybridized carbons (Fsp3) is 0.231. The molecule has 2 N–H and O–H groups in total. The molecule has 0 bridgehead atoms. The first kappa shape index (κ1) is 13.4. The Hall–Kier alpha value is -2.01. The van der Waals surface area contributed by atoms with Crippen molar-refractivity contribution in [3.63, 3.8) is 0 Å². The van der Waals surface area contributed by atoms with Gasteiger partial charge < -0.3 is 10.1 Å². The second-order valence-corrected chi connectivity index (χ2v) is 4.41. The Morgan fingerprint density at radius 3 is 2.89 bits per heavy atom. The summed E-state index contributed by atoms with van der Waals surface area (Å²) >= 11 is 5.92. The number of H-pyrrole nitrogens is 1. The molecule has 19 heavy (non-hydrogen) atoms. The number of hydrogen-bond donors (Lipinski definition) is 2. The van der Waals surface area contributed by atoms with Crippen molar-refractivity contribution in [3.8, 4) is 5.75 Å². The van der Waals surface area contributed by atoms with Crippen LogP contribution in [0.4, 0.5) is 5.69 Å². The summed E-state index contributed by atoms with van der Waals surface area (Å²) in [6, 6.07) is 7.58. The summed E-state index contributed by atoms with van der Waals surface area (Å²) in [5.41, 5.74) is 1.05. The predicted molar refractivity (Wildman–Crippen MR) is 74.9 cm³/mol. The van der Waals surface area contributed by atoms with Gasteiger partial charge in [-0.2, -0.15) is 5.10 Å². The minimum Gasteiger partial charge on any atom is -0.496 e. The van der Waals surface area contributed by atoms with E-state index < -0.39 is 5.56 Å². The molecule has 2 rings (SSSR count). The number of aromatic amines is 1. The summed E-state index contributed by atoms with van der Waals surface area (Å²) in [7, 11) is 1.62. The largest absolute Gasteiger partial charge is 0.496 e. The number of nitrogens with one attached hydrogen (secondary N) is 2. The smallest absolute Gasteiger partial charge is 0.285 e. The Morgan fingerprint density at radius 1 is 1.42 bits per heavy atom. The summed E-state index contributed by atoms with van der Waals surface area (Å²) < 4.78 is 5.30. The molecule has 0 aliphatic carbocycles. The molecule has 0 fully saturated rings. The van der Waals surface area contributed by atoms with E-state index in [1.807, 2.05) is 31.2 Å². The van der Waals surface area contributed by atoms with Crippen LogP contribution in [0.15, 0.2) is 35.3 Å². The van der Waals surface area contributed by atoms with Crippen LogP contribution in [-0.2, 0) is 0 Å². The van der Waals surface area contributed by atoms with Gasteiger partial charge in [-0.15, -0.1) is 0 Å². The molecule has 5 nitrogen and oxygen atoms in total. The average molecular weight is 280 g/mol. The van der Waals surface area contributed by atoms with Crippen LogP contribution in [-0.4, -0.2) is 17.3 Å². The number of aromatic nitrogens is 2. The van der Waals surface area contributed by atoms with Gasteiger partial charge in [-0.1, -0.05) is 29.8 Å². The fourth-order valence-corrected chi connectivity index (χ4v) is 1.96. The van der Waals surface area contributed by atoms with Crippen LogP contribution < -0.4 is 15.6 Å². The molecule has 1 atom stereocenters. The lowest BCUT2D eigenvalue weighted by molar-refractivity contribution is 0.408. The van der Waals surface area contributed by atoms with Crippen molar-refractivity contribution in [2.75, 3.05) is 12.4 Å². The molecule has 0 saturated heterocycles. The Labute approximate surface area is 115 Å². The number of anilines is 1. The Bertz CT molecular complexity index is 627. The molecule has 100 valence electrons. The van der Waals surface area contributed by atoms with E-state index in [4.69, 9.17) is 16.3 Å². The van der Waals surface area contributed by atoms with Crippen LogP contribution in [0.25, 0.3) is 0 Å². The number of hydrogen-bond acceptors (Lipinski definition) is 4. The molecule has 1 aromatic heterocycles. The maximum Gasteiger partial charge on any atom is 0.285 e. The minimum absolute atomic E-state index is 0.0720.